The highest BCUT2D eigenvalue weighted by molar-refractivity contribution is 5.76. The van der Waals surface area contributed by atoms with Crippen LogP contribution >= 0.6 is 0 Å². The Labute approximate surface area is 140 Å². The maximum Gasteiger partial charge on any atom is 0.238 e. The number of benzene rings is 1. The van der Waals surface area contributed by atoms with Gasteiger partial charge < -0.3 is 15.2 Å². The summed E-state index contributed by atoms with van der Waals surface area (Å²) in [4.78, 5) is 22.0. The van der Waals surface area contributed by atoms with E-state index in [0.29, 0.717) is 11.6 Å². The summed E-state index contributed by atoms with van der Waals surface area (Å²) in [6.45, 7) is 1.06. The molecule has 7 heteroatoms. The number of rotatable bonds is 6. The molecule has 2 aromatic rings. The highest BCUT2D eigenvalue weighted by Crippen LogP contribution is 2.31. The highest BCUT2D eigenvalue weighted by atomic mass is 16.5. The summed E-state index contributed by atoms with van der Waals surface area (Å²) in [6, 6.07) is 7.30. The molecule has 1 atom stereocenters. The highest BCUT2D eigenvalue weighted by Gasteiger charge is 2.28. The van der Waals surface area contributed by atoms with Crippen LogP contribution in [0.5, 0.6) is 17.4 Å². The summed E-state index contributed by atoms with van der Waals surface area (Å²) < 4.78 is 10.9. The molecule has 126 valence electrons. The molecule has 0 bridgehead atoms. The molecule has 7 nitrogen and oxygen atoms in total. The second-order valence-electron chi connectivity index (χ2n) is 5.65. The van der Waals surface area contributed by atoms with E-state index in [1.807, 2.05) is 29.2 Å². The van der Waals surface area contributed by atoms with Crippen LogP contribution in [0.4, 0.5) is 0 Å². The average molecular weight is 328 g/mol. The lowest BCUT2D eigenvalue weighted by Gasteiger charge is -2.22. The van der Waals surface area contributed by atoms with Gasteiger partial charge in [0, 0.05) is 0 Å². The number of primary amides is 1. The summed E-state index contributed by atoms with van der Waals surface area (Å²) in [7, 11) is 1.62. The van der Waals surface area contributed by atoms with Gasteiger partial charge in [-0.3, -0.25) is 14.7 Å². The maximum absolute atomic E-state index is 11.2. The zero-order chi connectivity index (χ0) is 16.9. The molecular formula is C17H20N4O3. The van der Waals surface area contributed by atoms with Gasteiger partial charge in [-0.25, -0.2) is 4.98 Å². The number of carbonyl (C=O) groups is 1. The lowest BCUT2D eigenvalue weighted by atomic mass is 10.1. The molecule has 1 aliphatic rings. The molecule has 0 spiro atoms. The molecule has 1 amide bonds. The van der Waals surface area contributed by atoms with Crippen molar-refractivity contribution >= 4 is 5.91 Å². The van der Waals surface area contributed by atoms with Crippen molar-refractivity contribution in [2.24, 2.45) is 5.73 Å². The van der Waals surface area contributed by atoms with E-state index in [9.17, 15) is 4.79 Å². The molecule has 1 aliphatic heterocycles. The summed E-state index contributed by atoms with van der Waals surface area (Å²) >= 11 is 0. The van der Waals surface area contributed by atoms with Crippen molar-refractivity contribution in [3.8, 4) is 17.4 Å². The fraction of sp³-hybridized carbons (Fsp3) is 0.353. The van der Waals surface area contributed by atoms with E-state index in [0.717, 1.165) is 30.8 Å². The van der Waals surface area contributed by atoms with Gasteiger partial charge in [-0.2, -0.15) is 0 Å². The van der Waals surface area contributed by atoms with Gasteiger partial charge in [0.25, 0.3) is 0 Å². The number of likely N-dealkylation sites (tertiary alicyclic amines) is 1. The lowest BCUT2D eigenvalue weighted by molar-refractivity contribution is -0.119. The normalized spacial score (nSPS) is 17.6. The van der Waals surface area contributed by atoms with Gasteiger partial charge in [0.05, 0.1) is 37.8 Å². The Morgan fingerprint density at radius 3 is 2.75 bits per heavy atom. The van der Waals surface area contributed by atoms with E-state index in [2.05, 4.69) is 9.97 Å². The fourth-order valence-electron chi connectivity index (χ4n) is 2.89. The summed E-state index contributed by atoms with van der Waals surface area (Å²) in [5, 5.41) is 0. The van der Waals surface area contributed by atoms with E-state index in [1.165, 1.54) is 0 Å². The second kappa shape index (κ2) is 7.27. The van der Waals surface area contributed by atoms with Crippen molar-refractivity contribution in [1.29, 1.82) is 0 Å². The molecule has 1 unspecified atom stereocenters. The third kappa shape index (κ3) is 3.80. The van der Waals surface area contributed by atoms with Crippen molar-refractivity contribution < 1.29 is 14.3 Å². The van der Waals surface area contributed by atoms with Gasteiger partial charge in [0.2, 0.25) is 11.8 Å². The van der Waals surface area contributed by atoms with E-state index >= 15 is 0 Å². The van der Waals surface area contributed by atoms with Crippen LogP contribution < -0.4 is 15.2 Å². The molecule has 2 heterocycles. The van der Waals surface area contributed by atoms with Crippen molar-refractivity contribution in [2.45, 2.75) is 18.9 Å². The standard InChI is InChI=1S/C17H20N4O3/c1-23-12-4-6-13(7-5-12)24-17-10-19-9-14(20-17)15-3-2-8-21(15)11-16(18)22/h4-7,9-10,15H,2-3,8,11H2,1H3,(H2,18,22). The monoisotopic (exact) mass is 328 g/mol. The number of nitrogens with zero attached hydrogens (tertiary/aromatic N) is 3. The van der Waals surface area contributed by atoms with Crippen LogP contribution in [0, 0.1) is 0 Å². The van der Waals surface area contributed by atoms with E-state index in [-0.39, 0.29) is 18.5 Å². The smallest absolute Gasteiger partial charge is 0.238 e. The number of amides is 1. The Hall–Kier alpha value is -2.67. The van der Waals surface area contributed by atoms with Crippen LogP contribution in [0.1, 0.15) is 24.6 Å². The quantitative estimate of drug-likeness (QED) is 0.871. The van der Waals surface area contributed by atoms with Crippen molar-refractivity contribution in [3.05, 3.63) is 42.4 Å². The van der Waals surface area contributed by atoms with E-state index < -0.39 is 0 Å². The minimum absolute atomic E-state index is 0.0458. The van der Waals surface area contributed by atoms with Crippen LogP contribution in [0.15, 0.2) is 36.7 Å². The Kier molecular flexibility index (Phi) is 4.90. The van der Waals surface area contributed by atoms with Crippen LogP contribution in [0.2, 0.25) is 0 Å². The largest absolute Gasteiger partial charge is 0.497 e. The zero-order valence-electron chi connectivity index (χ0n) is 13.5. The molecule has 24 heavy (non-hydrogen) atoms. The fourth-order valence-corrected chi connectivity index (χ4v) is 2.89. The first-order valence-electron chi connectivity index (χ1n) is 7.82. The molecular weight excluding hydrogens is 308 g/mol. The molecule has 0 radical (unpaired) electrons. The minimum atomic E-state index is -0.333. The SMILES string of the molecule is COc1ccc(Oc2cncc(C3CCCN3CC(N)=O)n2)cc1. The Morgan fingerprint density at radius 1 is 1.29 bits per heavy atom. The van der Waals surface area contributed by atoms with Crippen LogP contribution in [0.3, 0.4) is 0 Å². The van der Waals surface area contributed by atoms with Crippen molar-refractivity contribution in [1.82, 2.24) is 14.9 Å². The number of methoxy groups -OCH3 is 1. The Morgan fingerprint density at radius 2 is 2.04 bits per heavy atom. The Balaban J connectivity index is 1.74. The van der Waals surface area contributed by atoms with E-state index in [1.54, 1.807) is 19.5 Å². The first-order valence-corrected chi connectivity index (χ1v) is 7.82. The average Bonchev–Trinajstić information content (AvgIpc) is 3.03. The second-order valence-corrected chi connectivity index (χ2v) is 5.65. The molecule has 0 aliphatic carbocycles. The third-order valence-electron chi connectivity index (χ3n) is 3.98. The zero-order valence-corrected chi connectivity index (χ0v) is 13.5. The van der Waals surface area contributed by atoms with Crippen molar-refractivity contribution in [3.63, 3.8) is 0 Å². The number of aromatic nitrogens is 2. The maximum atomic E-state index is 11.2. The number of hydrogen-bond acceptors (Lipinski definition) is 6. The van der Waals surface area contributed by atoms with E-state index in [4.69, 9.17) is 15.2 Å². The first-order chi connectivity index (χ1) is 11.7. The topological polar surface area (TPSA) is 90.6 Å². The summed E-state index contributed by atoms with van der Waals surface area (Å²) in [5.74, 6) is 1.50. The van der Waals surface area contributed by atoms with Gasteiger partial charge in [-0.15, -0.1) is 0 Å². The van der Waals surface area contributed by atoms with Crippen LogP contribution in [-0.2, 0) is 4.79 Å². The van der Waals surface area contributed by atoms with Gasteiger partial charge in [0.15, 0.2) is 0 Å². The van der Waals surface area contributed by atoms with Crippen LogP contribution in [0.25, 0.3) is 0 Å². The number of nitrogens with two attached hydrogens (primary N) is 1. The number of carbonyl (C=O) groups excluding carboxylic acids is 1. The molecule has 1 aromatic carbocycles. The molecule has 2 N–H and O–H groups in total. The first kappa shape index (κ1) is 16.2. The minimum Gasteiger partial charge on any atom is -0.497 e. The molecule has 0 saturated carbocycles. The lowest BCUT2D eigenvalue weighted by Crippen LogP contribution is -2.33. The van der Waals surface area contributed by atoms with Gasteiger partial charge >= 0.3 is 0 Å². The van der Waals surface area contributed by atoms with Gasteiger partial charge in [-0.1, -0.05) is 0 Å². The number of hydrogen-bond donors (Lipinski definition) is 1. The molecule has 1 fully saturated rings. The third-order valence-corrected chi connectivity index (χ3v) is 3.98. The predicted molar refractivity (Wildman–Crippen MR) is 87.8 cm³/mol. The van der Waals surface area contributed by atoms with Crippen LogP contribution in [-0.4, -0.2) is 41.0 Å². The summed E-state index contributed by atoms with van der Waals surface area (Å²) in [6.07, 6.45) is 5.21. The molecule has 1 saturated heterocycles. The number of ether oxygens (including phenoxy) is 2. The van der Waals surface area contributed by atoms with Crippen molar-refractivity contribution in [2.75, 3.05) is 20.2 Å². The predicted octanol–water partition coefficient (Wildman–Crippen LogP) is 1.90. The van der Waals surface area contributed by atoms with Gasteiger partial charge in [-0.05, 0) is 43.7 Å². The van der Waals surface area contributed by atoms with Gasteiger partial charge in [0.1, 0.15) is 11.5 Å². The molecule has 3 rings (SSSR count). The Bertz CT molecular complexity index is 705. The molecule has 1 aromatic heterocycles. The summed E-state index contributed by atoms with van der Waals surface area (Å²) in [5.41, 5.74) is 6.11.